The molecule has 0 saturated heterocycles. The molecule has 0 spiro atoms. The van der Waals surface area contributed by atoms with Crippen molar-refractivity contribution < 1.29 is 9.90 Å². The number of carbonyl (C=O) groups excluding carboxylic acids is 1. The monoisotopic (exact) mass is 275 g/mol. The maximum absolute atomic E-state index is 11.6. The number of aromatic nitrogens is 1. The lowest BCUT2D eigenvalue weighted by Crippen LogP contribution is -2.25. The third kappa shape index (κ3) is 5.29. The van der Waals surface area contributed by atoms with Gasteiger partial charge in [-0.3, -0.25) is 4.79 Å². The summed E-state index contributed by atoms with van der Waals surface area (Å²) in [6.45, 7) is 5.20. The molecule has 0 bridgehead atoms. The van der Waals surface area contributed by atoms with E-state index < -0.39 is 0 Å². The maximum atomic E-state index is 11.6. The summed E-state index contributed by atoms with van der Waals surface area (Å²) in [6, 6.07) is 3.44. The molecule has 0 radical (unpaired) electrons. The van der Waals surface area contributed by atoms with E-state index in [1.807, 2.05) is 0 Å². The molecule has 0 aromatic carbocycles. The molecule has 1 amide bonds. The Morgan fingerprint density at radius 2 is 2.25 bits per heavy atom. The molecular weight excluding hydrogens is 254 g/mol. The fourth-order valence-electron chi connectivity index (χ4n) is 1.59. The van der Waals surface area contributed by atoms with Gasteiger partial charge in [-0.2, -0.15) is 0 Å². The van der Waals surface area contributed by atoms with E-state index in [0.29, 0.717) is 24.3 Å². The van der Waals surface area contributed by atoms with Crippen LogP contribution in [0.3, 0.4) is 0 Å². The lowest BCUT2D eigenvalue weighted by molar-refractivity contribution is 0.0958. The minimum absolute atomic E-state index is 0.0146. The first-order valence-corrected chi connectivity index (χ1v) is 6.51. The standard InChI is InChI=1S/C15H21N3O2/c1-4-8-16-14(20)12-5-6-13(17-10-12)18-11-15(2,3)7-9-19/h1,5-6,10,19H,7-9,11H2,2-3H3,(H,16,20)(H,17,18). The van der Waals surface area contributed by atoms with Gasteiger partial charge in [0.2, 0.25) is 0 Å². The summed E-state index contributed by atoms with van der Waals surface area (Å²) in [6.07, 6.45) is 7.30. The molecule has 0 aliphatic heterocycles. The van der Waals surface area contributed by atoms with E-state index in [-0.39, 0.29) is 24.5 Å². The zero-order valence-corrected chi connectivity index (χ0v) is 11.9. The largest absolute Gasteiger partial charge is 0.396 e. The van der Waals surface area contributed by atoms with Gasteiger partial charge >= 0.3 is 0 Å². The van der Waals surface area contributed by atoms with Gasteiger partial charge in [0.15, 0.2) is 0 Å². The van der Waals surface area contributed by atoms with Crippen LogP contribution in [0.15, 0.2) is 18.3 Å². The second kappa shape index (κ2) is 7.51. The van der Waals surface area contributed by atoms with Crippen LogP contribution in [-0.4, -0.2) is 35.7 Å². The molecule has 0 fully saturated rings. The van der Waals surface area contributed by atoms with Gasteiger partial charge < -0.3 is 15.7 Å². The topological polar surface area (TPSA) is 74.2 Å². The quantitative estimate of drug-likeness (QED) is 0.655. The highest BCUT2D eigenvalue weighted by Gasteiger charge is 2.16. The maximum Gasteiger partial charge on any atom is 0.253 e. The lowest BCUT2D eigenvalue weighted by atomic mass is 9.90. The van der Waals surface area contributed by atoms with Crippen LogP contribution >= 0.6 is 0 Å². The van der Waals surface area contributed by atoms with Gasteiger partial charge in [-0.05, 0) is 24.0 Å². The van der Waals surface area contributed by atoms with Gasteiger partial charge in [0.1, 0.15) is 5.82 Å². The zero-order valence-electron chi connectivity index (χ0n) is 11.9. The number of aliphatic hydroxyl groups is 1. The lowest BCUT2D eigenvalue weighted by Gasteiger charge is -2.24. The highest BCUT2D eigenvalue weighted by Crippen LogP contribution is 2.20. The predicted molar refractivity (Wildman–Crippen MR) is 79.4 cm³/mol. The Morgan fingerprint density at radius 3 is 2.80 bits per heavy atom. The molecule has 1 aromatic rings. The summed E-state index contributed by atoms with van der Waals surface area (Å²) < 4.78 is 0. The molecule has 1 aromatic heterocycles. The first-order chi connectivity index (χ1) is 9.48. The summed E-state index contributed by atoms with van der Waals surface area (Å²) in [5, 5.41) is 14.7. The van der Waals surface area contributed by atoms with Gasteiger partial charge in [-0.25, -0.2) is 4.98 Å². The summed E-state index contributed by atoms with van der Waals surface area (Å²) >= 11 is 0. The number of rotatable bonds is 7. The van der Waals surface area contributed by atoms with Crippen molar-refractivity contribution in [2.45, 2.75) is 20.3 Å². The number of carbonyl (C=O) groups is 1. The Morgan fingerprint density at radius 1 is 1.50 bits per heavy atom. The smallest absolute Gasteiger partial charge is 0.253 e. The van der Waals surface area contributed by atoms with Gasteiger partial charge in [-0.15, -0.1) is 6.42 Å². The molecule has 5 heteroatoms. The number of nitrogens with one attached hydrogen (secondary N) is 2. The molecular formula is C15H21N3O2. The third-order valence-corrected chi connectivity index (χ3v) is 2.91. The molecule has 0 aliphatic rings. The van der Waals surface area contributed by atoms with E-state index in [4.69, 9.17) is 11.5 Å². The van der Waals surface area contributed by atoms with Crippen molar-refractivity contribution in [3.8, 4) is 12.3 Å². The molecule has 0 unspecified atom stereocenters. The van der Waals surface area contributed by atoms with E-state index >= 15 is 0 Å². The van der Waals surface area contributed by atoms with Crippen molar-refractivity contribution >= 4 is 11.7 Å². The second-order valence-electron chi connectivity index (χ2n) is 5.31. The number of aliphatic hydroxyl groups excluding tert-OH is 1. The van der Waals surface area contributed by atoms with Crippen LogP contribution in [-0.2, 0) is 0 Å². The van der Waals surface area contributed by atoms with Crippen molar-refractivity contribution in [1.82, 2.24) is 10.3 Å². The minimum Gasteiger partial charge on any atom is -0.396 e. The molecule has 0 atom stereocenters. The van der Waals surface area contributed by atoms with E-state index in [2.05, 4.69) is 35.4 Å². The molecule has 3 N–H and O–H groups in total. The highest BCUT2D eigenvalue weighted by atomic mass is 16.3. The Bertz CT molecular complexity index is 475. The number of terminal acetylenes is 1. The summed E-state index contributed by atoms with van der Waals surface area (Å²) in [5.74, 6) is 2.81. The van der Waals surface area contributed by atoms with Crippen molar-refractivity contribution in [3.05, 3.63) is 23.9 Å². The van der Waals surface area contributed by atoms with Crippen LogP contribution in [0.1, 0.15) is 30.6 Å². The van der Waals surface area contributed by atoms with E-state index in [0.717, 1.165) is 0 Å². The summed E-state index contributed by atoms with van der Waals surface area (Å²) in [4.78, 5) is 15.8. The Kier molecular flexibility index (Phi) is 6.01. The van der Waals surface area contributed by atoms with E-state index in [1.165, 1.54) is 6.20 Å². The fourth-order valence-corrected chi connectivity index (χ4v) is 1.59. The fraction of sp³-hybridized carbons (Fsp3) is 0.467. The SMILES string of the molecule is C#CCNC(=O)c1ccc(NCC(C)(C)CCO)nc1. The highest BCUT2D eigenvalue weighted by molar-refractivity contribution is 5.94. The van der Waals surface area contributed by atoms with Gasteiger partial charge in [0.25, 0.3) is 5.91 Å². The minimum atomic E-state index is -0.234. The summed E-state index contributed by atoms with van der Waals surface area (Å²) in [7, 11) is 0. The van der Waals surface area contributed by atoms with Crippen LogP contribution in [0.5, 0.6) is 0 Å². The second-order valence-corrected chi connectivity index (χ2v) is 5.31. The van der Waals surface area contributed by atoms with Crippen molar-refractivity contribution in [2.75, 3.05) is 25.0 Å². The number of anilines is 1. The van der Waals surface area contributed by atoms with Gasteiger partial charge in [0.05, 0.1) is 12.1 Å². The molecule has 5 nitrogen and oxygen atoms in total. The third-order valence-electron chi connectivity index (χ3n) is 2.91. The van der Waals surface area contributed by atoms with Crippen molar-refractivity contribution in [1.29, 1.82) is 0 Å². The zero-order chi connectivity index (χ0) is 15.0. The number of amides is 1. The van der Waals surface area contributed by atoms with E-state index in [1.54, 1.807) is 12.1 Å². The van der Waals surface area contributed by atoms with Gasteiger partial charge in [-0.1, -0.05) is 19.8 Å². The number of hydrogen-bond acceptors (Lipinski definition) is 4. The van der Waals surface area contributed by atoms with Crippen LogP contribution in [0.25, 0.3) is 0 Å². The van der Waals surface area contributed by atoms with Crippen molar-refractivity contribution in [3.63, 3.8) is 0 Å². The first-order valence-electron chi connectivity index (χ1n) is 6.51. The van der Waals surface area contributed by atoms with Crippen LogP contribution in [0.4, 0.5) is 5.82 Å². The molecule has 108 valence electrons. The van der Waals surface area contributed by atoms with Crippen LogP contribution in [0.2, 0.25) is 0 Å². The average molecular weight is 275 g/mol. The number of nitrogens with zero attached hydrogens (tertiary/aromatic N) is 1. The molecule has 0 saturated carbocycles. The molecule has 1 heterocycles. The van der Waals surface area contributed by atoms with E-state index in [9.17, 15) is 4.79 Å². The molecule has 1 rings (SSSR count). The molecule has 0 aliphatic carbocycles. The van der Waals surface area contributed by atoms with Gasteiger partial charge in [0, 0.05) is 19.3 Å². The number of pyridine rings is 1. The van der Waals surface area contributed by atoms with Crippen molar-refractivity contribution in [2.24, 2.45) is 5.41 Å². The first kappa shape index (κ1) is 16.0. The predicted octanol–water partition coefficient (Wildman–Crippen LogP) is 1.27. The Balaban J connectivity index is 2.55. The number of hydrogen-bond donors (Lipinski definition) is 3. The van der Waals surface area contributed by atoms with Crippen LogP contribution in [0, 0.1) is 17.8 Å². The average Bonchev–Trinajstić information content (AvgIpc) is 2.43. The van der Waals surface area contributed by atoms with Crippen LogP contribution < -0.4 is 10.6 Å². The Hall–Kier alpha value is -2.06. The summed E-state index contributed by atoms with van der Waals surface area (Å²) in [5.41, 5.74) is 0.458. The normalized spacial score (nSPS) is 10.7. The Labute approximate surface area is 119 Å². The molecule has 20 heavy (non-hydrogen) atoms.